The van der Waals surface area contributed by atoms with E-state index in [9.17, 15) is 18.0 Å². The van der Waals surface area contributed by atoms with Crippen LogP contribution in [0.4, 0.5) is 13.2 Å². The second-order valence-electron chi connectivity index (χ2n) is 7.17. The van der Waals surface area contributed by atoms with Crippen molar-refractivity contribution >= 4 is 5.91 Å². The minimum absolute atomic E-state index is 0.0326. The molecule has 2 aliphatic rings. The number of likely N-dealkylation sites (tertiary alicyclic amines) is 1. The predicted octanol–water partition coefficient (Wildman–Crippen LogP) is 3.66. The molecule has 0 aromatic heterocycles. The largest absolute Gasteiger partial charge is 0.416 e. The van der Waals surface area contributed by atoms with Crippen molar-refractivity contribution in [1.29, 1.82) is 0 Å². The van der Waals surface area contributed by atoms with E-state index in [2.05, 4.69) is 5.32 Å². The summed E-state index contributed by atoms with van der Waals surface area (Å²) in [7, 11) is 0. The maximum atomic E-state index is 13.0. The highest BCUT2D eigenvalue weighted by Gasteiger charge is 2.35. The number of carbonyl (C=O) groups excluding carboxylic acids is 1. The number of nitrogens with one attached hydrogen (secondary N) is 1. The van der Waals surface area contributed by atoms with Gasteiger partial charge in [0, 0.05) is 13.1 Å². The number of rotatable bonds is 3. The first-order valence-electron chi connectivity index (χ1n) is 9.06. The zero-order valence-corrected chi connectivity index (χ0v) is 14.5. The van der Waals surface area contributed by atoms with E-state index in [1.165, 1.54) is 6.07 Å². The predicted molar refractivity (Wildman–Crippen MR) is 90.1 cm³/mol. The van der Waals surface area contributed by atoms with Crippen molar-refractivity contribution in [3.63, 3.8) is 0 Å². The molecule has 2 aliphatic heterocycles. The molecule has 0 spiro atoms. The van der Waals surface area contributed by atoms with E-state index in [1.54, 1.807) is 6.07 Å². The molecular formula is C19H25F3N2O. The van der Waals surface area contributed by atoms with E-state index in [1.807, 2.05) is 11.8 Å². The van der Waals surface area contributed by atoms with Crippen LogP contribution in [0.2, 0.25) is 0 Å². The molecule has 1 unspecified atom stereocenters. The van der Waals surface area contributed by atoms with E-state index in [4.69, 9.17) is 0 Å². The Morgan fingerprint density at radius 3 is 2.44 bits per heavy atom. The molecule has 6 heteroatoms. The highest BCUT2D eigenvalue weighted by atomic mass is 19.4. The van der Waals surface area contributed by atoms with Crippen LogP contribution >= 0.6 is 0 Å². The first-order valence-corrected chi connectivity index (χ1v) is 9.06. The van der Waals surface area contributed by atoms with Gasteiger partial charge in [-0.25, -0.2) is 0 Å². The van der Waals surface area contributed by atoms with Crippen LogP contribution in [-0.4, -0.2) is 37.0 Å². The SMILES string of the molecule is CCC(C(=O)N1CC[C@@H]2CNC[C@@H]2CC1)c1cccc(C(F)(F)F)c1. The summed E-state index contributed by atoms with van der Waals surface area (Å²) in [5.74, 6) is 0.700. The molecule has 3 rings (SSSR count). The van der Waals surface area contributed by atoms with Gasteiger partial charge in [-0.2, -0.15) is 13.2 Å². The van der Waals surface area contributed by atoms with Gasteiger partial charge in [-0.15, -0.1) is 0 Å². The van der Waals surface area contributed by atoms with Crippen molar-refractivity contribution in [2.24, 2.45) is 11.8 Å². The quantitative estimate of drug-likeness (QED) is 0.899. The molecule has 2 saturated heterocycles. The third-order valence-corrected chi connectivity index (χ3v) is 5.65. The number of amides is 1. The molecule has 3 nitrogen and oxygen atoms in total. The Hall–Kier alpha value is -1.56. The smallest absolute Gasteiger partial charge is 0.342 e. The Labute approximate surface area is 146 Å². The van der Waals surface area contributed by atoms with Crippen LogP contribution < -0.4 is 5.32 Å². The summed E-state index contributed by atoms with van der Waals surface area (Å²) in [6.45, 7) is 5.29. The lowest BCUT2D eigenvalue weighted by atomic mass is 9.92. The number of hydrogen-bond acceptors (Lipinski definition) is 2. The second-order valence-corrected chi connectivity index (χ2v) is 7.17. The number of fused-ring (bicyclic) bond motifs is 1. The van der Waals surface area contributed by atoms with Crippen LogP contribution in [0.5, 0.6) is 0 Å². The minimum atomic E-state index is -4.38. The van der Waals surface area contributed by atoms with E-state index in [0.717, 1.165) is 38.1 Å². The van der Waals surface area contributed by atoms with Gasteiger partial charge in [0.05, 0.1) is 11.5 Å². The van der Waals surface area contributed by atoms with E-state index < -0.39 is 17.7 Å². The van der Waals surface area contributed by atoms with Crippen molar-refractivity contribution in [2.75, 3.05) is 26.2 Å². The zero-order valence-electron chi connectivity index (χ0n) is 14.5. The van der Waals surface area contributed by atoms with Crippen LogP contribution in [0.25, 0.3) is 0 Å². The lowest BCUT2D eigenvalue weighted by Crippen LogP contribution is -2.36. The monoisotopic (exact) mass is 354 g/mol. The van der Waals surface area contributed by atoms with Gasteiger partial charge in [0.1, 0.15) is 0 Å². The fraction of sp³-hybridized carbons (Fsp3) is 0.632. The molecule has 0 saturated carbocycles. The fourth-order valence-corrected chi connectivity index (χ4v) is 4.14. The first kappa shape index (κ1) is 18.2. The Balaban J connectivity index is 1.75. The number of alkyl halides is 3. The zero-order chi connectivity index (χ0) is 18.0. The van der Waals surface area contributed by atoms with Crippen molar-refractivity contribution in [1.82, 2.24) is 10.2 Å². The number of carbonyl (C=O) groups is 1. The van der Waals surface area contributed by atoms with Crippen LogP contribution in [0.1, 0.15) is 43.2 Å². The molecule has 1 aromatic carbocycles. The van der Waals surface area contributed by atoms with Gasteiger partial charge in [0.15, 0.2) is 0 Å². The Morgan fingerprint density at radius 1 is 1.24 bits per heavy atom. The molecule has 0 radical (unpaired) electrons. The maximum Gasteiger partial charge on any atom is 0.416 e. The summed E-state index contributed by atoms with van der Waals surface area (Å²) in [5.41, 5.74) is -0.221. The number of nitrogens with zero attached hydrogens (tertiary/aromatic N) is 1. The fourth-order valence-electron chi connectivity index (χ4n) is 4.14. The Bertz CT molecular complexity index is 603. The van der Waals surface area contributed by atoms with Gasteiger partial charge in [0.2, 0.25) is 5.91 Å². The van der Waals surface area contributed by atoms with Gasteiger partial charge in [-0.05, 0) is 55.8 Å². The molecule has 0 aliphatic carbocycles. The lowest BCUT2D eigenvalue weighted by Gasteiger charge is -2.26. The molecule has 1 amide bonds. The number of hydrogen-bond donors (Lipinski definition) is 1. The minimum Gasteiger partial charge on any atom is -0.342 e. The van der Waals surface area contributed by atoms with Gasteiger partial charge in [-0.1, -0.05) is 25.1 Å². The van der Waals surface area contributed by atoms with Crippen LogP contribution in [0.15, 0.2) is 24.3 Å². The Kier molecular flexibility index (Phi) is 5.37. The molecule has 3 atom stereocenters. The highest BCUT2D eigenvalue weighted by molar-refractivity contribution is 5.83. The third kappa shape index (κ3) is 4.00. The summed E-state index contributed by atoms with van der Waals surface area (Å²) < 4.78 is 38.9. The Morgan fingerprint density at radius 2 is 1.88 bits per heavy atom. The summed E-state index contributed by atoms with van der Waals surface area (Å²) in [6.07, 6.45) is -1.93. The van der Waals surface area contributed by atoms with Crippen molar-refractivity contribution < 1.29 is 18.0 Å². The van der Waals surface area contributed by atoms with Crippen molar-refractivity contribution in [3.05, 3.63) is 35.4 Å². The summed E-state index contributed by atoms with van der Waals surface area (Å²) in [4.78, 5) is 14.9. The van der Waals surface area contributed by atoms with Crippen molar-refractivity contribution in [3.8, 4) is 0 Å². The standard InChI is InChI=1S/C19H25F3N2O/c1-2-17(13-4-3-5-16(10-13)19(20,21)22)18(25)24-8-6-14-11-23-12-15(14)7-9-24/h3-5,10,14-15,17,23H,2,6-9,11-12H2,1H3/t14-,15+,17?. The van der Waals surface area contributed by atoms with Crippen molar-refractivity contribution in [2.45, 2.75) is 38.3 Å². The average Bonchev–Trinajstić information content (AvgIpc) is 2.93. The first-order chi connectivity index (χ1) is 11.9. The molecule has 25 heavy (non-hydrogen) atoms. The lowest BCUT2D eigenvalue weighted by molar-refractivity contribution is -0.138. The van der Waals surface area contributed by atoms with Crippen LogP contribution in [0, 0.1) is 11.8 Å². The molecular weight excluding hydrogens is 329 g/mol. The average molecular weight is 354 g/mol. The molecule has 1 N–H and O–H groups in total. The number of benzene rings is 1. The van der Waals surface area contributed by atoms with Crippen LogP contribution in [0.3, 0.4) is 0 Å². The van der Waals surface area contributed by atoms with E-state index >= 15 is 0 Å². The summed E-state index contributed by atoms with van der Waals surface area (Å²) >= 11 is 0. The second kappa shape index (κ2) is 7.36. The van der Waals surface area contributed by atoms with E-state index in [0.29, 0.717) is 36.9 Å². The molecule has 0 bridgehead atoms. The molecule has 2 heterocycles. The number of halogens is 3. The highest BCUT2D eigenvalue weighted by Crippen LogP contribution is 2.33. The summed E-state index contributed by atoms with van der Waals surface area (Å²) in [5, 5.41) is 3.41. The van der Waals surface area contributed by atoms with Gasteiger partial charge in [0.25, 0.3) is 0 Å². The van der Waals surface area contributed by atoms with Gasteiger partial charge in [-0.3, -0.25) is 4.79 Å². The summed E-state index contributed by atoms with van der Waals surface area (Å²) in [6, 6.07) is 5.22. The van der Waals surface area contributed by atoms with Gasteiger partial charge < -0.3 is 10.2 Å². The molecule has 1 aromatic rings. The van der Waals surface area contributed by atoms with E-state index in [-0.39, 0.29) is 5.91 Å². The van der Waals surface area contributed by atoms with Gasteiger partial charge >= 0.3 is 6.18 Å². The van der Waals surface area contributed by atoms with Crippen LogP contribution in [-0.2, 0) is 11.0 Å². The molecule has 138 valence electrons. The normalized spacial score (nSPS) is 25.4. The topological polar surface area (TPSA) is 32.3 Å². The maximum absolute atomic E-state index is 13.0. The molecule has 2 fully saturated rings. The third-order valence-electron chi connectivity index (χ3n) is 5.65.